The number of rotatable bonds is 3. The summed E-state index contributed by atoms with van der Waals surface area (Å²) in [6.45, 7) is 8.78. The summed E-state index contributed by atoms with van der Waals surface area (Å²) >= 11 is 0. The van der Waals surface area contributed by atoms with E-state index in [0.29, 0.717) is 26.2 Å². The van der Waals surface area contributed by atoms with Gasteiger partial charge in [-0.2, -0.15) is 0 Å². The van der Waals surface area contributed by atoms with Crippen molar-refractivity contribution in [1.82, 2.24) is 9.80 Å². The molecule has 1 amide bonds. The first kappa shape index (κ1) is 16.8. The molecule has 1 atom stereocenters. The highest BCUT2D eigenvalue weighted by Gasteiger charge is 2.23. The maximum Gasteiger partial charge on any atom is 0.219 e. The van der Waals surface area contributed by atoms with E-state index >= 15 is 0 Å². The lowest BCUT2D eigenvalue weighted by atomic mass is 10.0. The van der Waals surface area contributed by atoms with Crippen LogP contribution in [0.3, 0.4) is 0 Å². The van der Waals surface area contributed by atoms with E-state index in [-0.39, 0.29) is 5.91 Å². The summed E-state index contributed by atoms with van der Waals surface area (Å²) in [5.41, 5.74) is 3.45. The molecule has 1 aromatic rings. The van der Waals surface area contributed by atoms with Gasteiger partial charge in [0, 0.05) is 45.2 Å². The molecule has 1 aliphatic heterocycles. The van der Waals surface area contributed by atoms with Gasteiger partial charge in [0.15, 0.2) is 0 Å². The molecule has 1 saturated heterocycles. The number of carbonyl (C=O) groups excluding carboxylic acids is 1. The fraction of sp³-hybridized carbons (Fsp3) is 0.588. The highest BCUT2D eigenvalue weighted by Crippen LogP contribution is 2.26. The van der Waals surface area contributed by atoms with Crippen LogP contribution >= 0.6 is 0 Å². The summed E-state index contributed by atoms with van der Waals surface area (Å²) in [6.07, 6.45) is -0.511. The summed E-state index contributed by atoms with van der Waals surface area (Å²) in [5, 5.41) is 10.1. The fourth-order valence-electron chi connectivity index (χ4n) is 3.18. The van der Waals surface area contributed by atoms with Crippen LogP contribution in [0.25, 0.3) is 0 Å². The Morgan fingerprint density at radius 2 is 2.05 bits per heavy atom. The Morgan fingerprint density at radius 1 is 1.32 bits per heavy atom. The molecule has 0 aromatic heterocycles. The number of benzene rings is 1. The number of nitrogens with zero attached hydrogens (tertiary/aromatic N) is 2. The Kier molecular flexibility index (Phi) is 5.42. The minimum Gasteiger partial charge on any atom is -0.496 e. The van der Waals surface area contributed by atoms with E-state index < -0.39 is 6.10 Å². The van der Waals surface area contributed by atoms with Crippen LogP contribution in [0.2, 0.25) is 0 Å². The summed E-state index contributed by atoms with van der Waals surface area (Å²) in [7, 11) is 1.69. The second-order valence-electron chi connectivity index (χ2n) is 6.13. The Labute approximate surface area is 132 Å². The summed E-state index contributed by atoms with van der Waals surface area (Å²) in [5.74, 6) is 0.928. The first-order valence-corrected chi connectivity index (χ1v) is 7.70. The normalized spacial score (nSPS) is 19.9. The molecule has 1 N–H and O–H groups in total. The van der Waals surface area contributed by atoms with Crippen molar-refractivity contribution in [2.75, 3.05) is 33.3 Å². The maximum absolute atomic E-state index is 11.5. The topological polar surface area (TPSA) is 53.0 Å². The maximum atomic E-state index is 11.5. The molecule has 0 spiro atoms. The van der Waals surface area contributed by atoms with Crippen molar-refractivity contribution < 1.29 is 14.6 Å². The number of aliphatic hydroxyl groups excluding tert-OH is 1. The van der Waals surface area contributed by atoms with Gasteiger partial charge in [-0.15, -0.1) is 0 Å². The van der Waals surface area contributed by atoms with E-state index in [1.165, 1.54) is 5.56 Å². The van der Waals surface area contributed by atoms with Gasteiger partial charge >= 0.3 is 0 Å². The molecule has 5 heteroatoms. The third-order valence-electron chi connectivity index (χ3n) is 4.13. The molecule has 1 aliphatic rings. The highest BCUT2D eigenvalue weighted by atomic mass is 16.5. The van der Waals surface area contributed by atoms with Gasteiger partial charge in [0.05, 0.1) is 13.2 Å². The highest BCUT2D eigenvalue weighted by molar-refractivity contribution is 5.73. The molecule has 22 heavy (non-hydrogen) atoms. The Bertz CT molecular complexity index is 545. The van der Waals surface area contributed by atoms with Crippen LogP contribution in [0.4, 0.5) is 0 Å². The zero-order valence-corrected chi connectivity index (χ0v) is 13.9. The average molecular weight is 306 g/mol. The third-order valence-corrected chi connectivity index (χ3v) is 4.13. The molecule has 0 saturated carbocycles. The lowest BCUT2D eigenvalue weighted by Crippen LogP contribution is -2.36. The van der Waals surface area contributed by atoms with Gasteiger partial charge in [-0.25, -0.2) is 0 Å². The summed E-state index contributed by atoms with van der Waals surface area (Å²) in [4.78, 5) is 15.4. The molecule has 1 heterocycles. The minimum absolute atomic E-state index is 0.0184. The first-order valence-electron chi connectivity index (χ1n) is 7.70. The SMILES string of the molecule is COc1c(C)cc(C)cc1CN1CCN(C(C)=O)C[C@H](O)C1. The molecule has 0 unspecified atom stereocenters. The predicted octanol–water partition coefficient (Wildman–Crippen LogP) is 1.34. The van der Waals surface area contributed by atoms with Crippen molar-refractivity contribution in [2.45, 2.75) is 33.4 Å². The molecule has 0 aliphatic carbocycles. The van der Waals surface area contributed by atoms with E-state index in [1.54, 1.807) is 18.9 Å². The van der Waals surface area contributed by atoms with Crippen molar-refractivity contribution in [2.24, 2.45) is 0 Å². The minimum atomic E-state index is -0.511. The van der Waals surface area contributed by atoms with Gasteiger partial charge < -0.3 is 14.7 Å². The van der Waals surface area contributed by atoms with E-state index in [2.05, 4.69) is 24.0 Å². The smallest absolute Gasteiger partial charge is 0.219 e. The number of hydrogen-bond donors (Lipinski definition) is 1. The number of ether oxygens (including phenoxy) is 1. The van der Waals surface area contributed by atoms with Crippen molar-refractivity contribution in [3.63, 3.8) is 0 Å². The van der Waals surface area contributed by atoms with Crippen LogP contribution in [-0.4, -0.2) is 60.2 Å². The van der Waals surface area contributed by atoms with Crippen LogP contribution < -0.4 is 4.74 Å². The number of aryl methyl sites for hydroxylation is 2. The van der Waals surface area contributed by atoms with E-state index in [1.807, 2.05) is 6.92 Å². The second-order valence-corrected chi connectivity index (χ2v) is 6.13. The van der Waals surface area contributed by atoms with Crippen molar-refractivity contribution >= 4 is 5.91 Å². The molecular formula is C17H26N2O3. The monoisotopic (exact) mass is 306 g/mol. The number of carbonyl (C=O) groups is 1. The van der Waals surface area contributed by atoms with Crippen LogP contribution in [0.1, 0.15) is 23.6 Å². The van der Waals surface area contributed by atoms with Crippen molar-refractivity contribution in [3.8, 4) is 5.75 Å². The zero-order chi connectivity index (χ0) is 16.3. The van der Waals surface area contributed by atoms with Gasteiger partial charge in [0.2, 0.25) is 5.91 Å². The van der Waals surface area contributed by atoms with Gasteiger partial charge in [-0.05, 0) is 19.4 Å². The van der Waals surface area contributed by atoms with E-state index in [4.69, 9.17) is 4.74 Å². The summed E-state index contributed by atoms with van der Waals surface area (Å²) < 4.78 is 5.54. The predicted molar refractivity (Wildman–Crippen MR) is 86.0 cm³/mol. The third kappa shape index (κ3) is 3.99. The van der Waals surface area contributed by atoms with Crippen LogP contribution in [0.5, 0.6) is 5.75 Å². The van der Waals surface area contributed by atoms with Gasteiger partial charge in [-0.1, -0.05) is 17.7 Å². The van der Waals surface area contributed by atoms with Crippen LogP contribution in [0.15, 0.2) is 12.1 Å². The number of hydrogen-bond acceptors (Lipinski definition) is 4. The van der Waals surface area contributed by atoms with Crippen molar-refractivity contribution in [1.29, 1.82) is 0 Å². The van der Waals surface area contributed by atoms with Gasteiger partial charge in [0.1, 0.15) is 5.75 Å². The number of aliphatic hydroxyl groups is 1. The molecule has 0 bridgehead atoms. The second kappa shape index (κ2) is 7.11. The van der Waals surface area contributed by atoms with Crippen LogP contribution in [0, 0.1) is 13.8 Å². The molecule has 0 radical (unpaired) electrons. The lowest BCUT2D eigenvalue weighted by molar-refractivity contribution is -0.129. The average Bonchev–Trinajstić information content (AvgIpc) is 2.60. The Hall–Kier alpha value is -1.59. The van der Waals surface area contributed by atoms with E-state index in [9.17, 15) is 9.90 Å². The number of methoxy groups -OCH3 is 1. The first-order chi connectivity index (χ1) is 10.4. The quantitative estimate of drug-likeness (QED) is 0.915. The molecule has 122 valence electrons. The van der Waals surface area contributed by atoms with Gasteiger partial charge in [-0.3, -0.25) is 9.69 Å². The zero-order valence-electron chi connectivity index (χ0n) is 13.9. The lowest BCUT2D eigenvalue weighted by Gasteiger charge is -2.23. The van der Waals surface area contributed by atoms with E-state index in [0.717, 1.165) is 23.4 Å². The molecule has 1 fully saturated rings. The number of β-amino-alcohol motifs (C(OH)–C–C–N with tert-alkyl or cyclic N) is 1. The molecule has 5 nitrogen and oxygen atoms in total. The number of amides is 1. The van der Waals surface area contributed by atoms with Crippen molar-refractivity contribution in [3.05, 3.63) is 28.8 Å². The largest absolute Gasteiger partial charge is 0.496 e. The Morgan fingerprint density at radius 3 is 2.68 bits per heavy atom. The van der Waals surface area contributed by atoms with Crippen LogP contribution in [-0.2, 0) is 11.3 Å². The molecular weight excluding hydrogens is 280 g/mol. The van der Waals surface area contributed by atoms with Gasteiger partial charge in [0.25, 0.3) is 0 Å². The Balaban J connectivity index is 2.15. The molecule has 2 rings (SSSR count). The standard InChI is InChI=1S/C17H26N2O3/c1-12-7-13(2)17(22-4)15(8-12)9-18-5-6-19(14(3)20)11-16(21)10-18/h7-8,16,21H,5-6,9-11H2,1-4H3/t16-/m1/s1. The molecule has 1 aromatic carbocycles. The fourth-order valence-corrected chi connectivity index (χ4v) is 3.18. The summed E-state index contributed by atoms with van der Waals surface area (Å²) in [6, 6.07) is 4.24.